The number of hydrogen-bond acceptors (Lipinski definition) is 2. The van der Waals surface area contributed by atoms with E-state index in [1.807, 2.05) is 0 Å². The van der Waals surface area contributed by atoms with Gasteiger partial charge in [0.2, 0.25) is 0 Å². The Morgan fingerprint density at radius 2 is 1.83 bits per heavy atom. The van der Waals surface area contributed by atoms with Crippen LogP contribution in [0, 0.1) is 23.0 Å². The largest absolute Gasteiger partial charge is 0.288 e. The van der Waals surface area contributed by atoms with E-state index >= 15 is 0 Å². The molecule has 0 saturated carbocycles. The first-order valence-corrected chi connectivity index (χ1v) is 5.12. The first kappa shape index (κ1) is 11.9. The predicted molar refractivity (Wildman–Crippen MR) is 60.9 cm³/mol. The van der Waals surface area contributed by atoms with Crippen LogP contribution in [-0.2, 0) is 0 Å². The Labute approximate surface area is 102 Å². The Morgan fingerprint density at radius 1 is 1.11 bits per heavy atom. The highest BCUT2D eigenvalue weighted by molar-refractivity contribution is 6.09. The molecule has 0 radical (unpaired) electrons. The van der Waals surface area contributed by atoms with E-state index in [0.29, 0.717) is 0 Å². The summed E-state index contributed by atoms with van der Waals surface area (Å²) >= 11 is 0. The van der Waals surface area contributed by atoms with Crippen molar-refractivity contribution in [3.8, 4) is 6.07 Å². The lowest BCUT2D eigenvalue weighted by molar-refractivity contribution is 0.103. The van der Waals surface area contributed by atoms with Gasteiger partial charge in [-0.05, 0) is 24.3 Å². The third-order valence-electron chi connectivity index (χ3n) is 2.45. The number of nitrogens with zero attached hydrogens (tertiary/aromatic N) is 1. The third-order valence-corrected chi connectivity index (χ3v) is 2.45. The molecule has 2 rings (SSSR count). The standard InChI is InChI=1S/C14H7F2NO/c15-11-5-1-3-9(7-11)14(18)12-6-2-4-10(8-17)13(12)16/h1-7H. The minimum atomic E-state index is -0.880. The molecule has 0 atom stereocenters. The molecule has 0 heterocycles. The zero-order valence-corrected chi connectivity index (χ0v) is 9.15. The molecule has 0 aliphatic heterocycles. The van der Waals surface area contributed by atoms with E-state index in [1.165, 1.54) is 36.4 Å². The second kappa shape index (κ2) is 4.76. The van der Waals surface area contributed by atoms with Crippen molar-refractivity contribution in [2.24, 2.45) is 0 Å². The van der Waals surface area contributed by atoms with E-state index in [0.717, 1.165) is 6.07 Å². The highest BCUT2D eigenvalue weighted by Crippen LogP contribution is 2.17. The SMILES string of the molecule is N#Cc1cccc(C(=O)c2cccc(F)c2)c1F. The number of rotatable bonds is 2. The zero-order valence-electron chi connectivity index (χ0n) is 9.15. The van der Waals surface area contributed by atoms with Crippen LogP contribution in [0.3, 0.4) is 0 Å². The molecule has 0 aliphatic rings. The fourth-order valence-electron chi connectivity index (χ4n) is 1.58. The average Bonchev–Trinajstić information content (AvgIpc) is 2.38. The summed E-state index contributed by atoms with van der Waals surface area (Å²) in [6, 6.07) is 10.6. The first-order chi connectivity index (χ1) is 8.63. The second-order valence-corrected chi connectivity index (χ2v) is 3.62. The Hall–Kier alpha value is -2.54. The van der Waals surface area contributed by atoms with Gasteiger partial charge in [0.25, 0.3) is 0 Å². The normalized spacial score (nSPS) is 9.83. The fourth-order valence-corrected chi connectivity index (χ4v) is 1.58. The van der Waals surface area contributed by atoms with E-state index in [9.17, 15) is 13.6 Å². The molecule has 0 bridgehead atoms. The third kappa shape index (κ3) is 2.11. The molecule has 88 valence electrons. The van der Waals surface area contributed by atoms with E-state index in [2.05, 4.69) is 0 Å². The van der Waals surface area contributed by atoms with Crippen LogP contribution < -0.4 is 0 Å². The fraction of sp³-hybridized carbons (Fsp3) is 0. The highest BCUT2D eigenvalue weighted by atomic mass is 19.1. The summed E-state index contributed by atoms with van der Waals surface area (Å²) in [4.78, 5) is 12.0. The maximum atomic E-state index is 13.8. The summed E-state index contributed by atoms with van der Waals surface area (Å²) in [5.74, 6) is -2.10. The number of benzene rings is 2. The van der Waals surface area contributed by atoms with Crippen LogP contribution in [0.1, 0.15) is 21.5 Å². The van der Waals surface area contributed by atoms with Gasteiger partial charge in [0.15, 0.2) is 11.6 Å². The van der Waals surface area contributed by atoms with Crippen molar-refractivity contribution in [1.82, 2.24) is 0 Å². The van der Waals surface area contributed by atoms with Crippen molar-refractivity contribution in [2.45, 2.75) is 0 Å². The maximum absolute atomic E-state index is 13.8. The molecule has 2 aromatic rings. The number of nitriles is 1. The van der Waals surface area contributed by atoms with Gasteiger partial charge in [-0.2, -0.15) is 5.26 Å². The Morgan fingerprint density at radius 3 is 2.50 bits per heavy atom. The van der Waals surface area contributed by atoms with Crippen molar-refractivity contribution >= 4 is 5.78 Å². The maximum Gasteiger partial charge on any atom is 0.196 e. The molecule has 2 nitrogen and oxygen atoms in total. The number of carbonyl (C=O) groups is 1. The molecule has 0 aromatic heterocycles. The number of ketones is 1. The van der Waals surface area contributed by atoms with Gasteiger partial charge >= 0.3 is 0 Å². The predicted octanol–water partition coefficient (Wildman–Crippen LogP) is 3.07. The molecule has 0 N–H and O–H groups in total. The van der Waals surface area contributed by atoms with Gasteiger partial charge < -0.3 is 0 Å². The summed E-state index contributed by atoms with van der Waals surface area (Å²) in [6.07, 6.45) is 0. The van der Waals surface area contributed by atoms with E-state index in [1.54, 1.807) is 6.07 Å². The van der Waals surface area contributed by atoms with Gasteiger partial charge in [0, 0.05) is 5.56 Å². The Kier molecular flexibility index (Phi) is 3.16. The van der Waals surface area contributed by atoms with Crippen molar-refractivity contribution in [3.63, 3.8) is 0 Å². The number of carbonyl (C=O) groups excluding carboxylic acids is 1. The summed E-state index contributed by atoms with van der Waals surface area (Å²) in [6.45, 7) is 0. The molecular formula is C14H7F2NO. The molecule has 0 fully saturated rings. The molecule has 0 spiro atoms. The van der Waals surface area contributed by atoms with Gasteiger partial charge in [0.05, 0.1) is 11.1 Å². The van der Waals surface area contributed by atoms with Crippen molar-refractivity contribution in [1.29, 1.82) is 5.26 Å². The lowest BCUT2D eigenvalue weighted by Gasteiger charge is -2.03. The second-order valence-electron chi connectivity index (χ2n) is 3.62. The van der Waals surface area contributed by atoms with E-state index in [-0.39, 0.29) is 16.7 Å². The summed E-state index contributed by atoms with van der Waals surface area (Å²) in [5.41, 5.74) is -0.402. The minimum absolute atomic E-state index is 0.0454. The molecule has 0 amide bonds. The number of hydrogen-bond donors (Lipinski definition) is 0. The van der Waals surface area contributed by atoms with Crippen LogP contribution in [0.15, 0.2) is 42.5 Å². The smallest absolute Gasteiger partial charge is 0.196 e. The molecule has 0 saturated heterocycles. The molecule has 2 aromatic carbocycles. The van der Waals surface area contributed by atoms with Gasteiger partial charge in [0.1, 0.15) is 11.9 Å². The van der Waals surface area contributed by atoms with Crippen LogP contribution in [0.5, 0.6) is 0 Å². The lowest BCUT2D eigenvalue weighted by atomic mass is 10.0. The van der Waals surface area contributed by atoms with Crippen molar-refractivity contribution in [2.75, 3.05) is 0 Å². The Balaban J connectivity index is 2.51. The molecular weight excluding hydrogens is 236 g/mol. The molecule has 0 unspecified atom stereocenters. The summed E-state index contributed by atoms with van der Waals surface area (Å²) in [5, 5.41) is 8.68. The van der Waals surface area contributed by atoms with Crippen LogP contribution in [0.25, 0.3) is 0 Å². The minimum Gasteiger partial charge on any atom is -0.288 e. The van der Waals surface area contributed by atoms with Crippen LogP contribution in [0.4, 0.5) is 8.78 Å². The molecule has 4 heteroatoms. The topological polar surface area (TPSA) is 40.9 Å². The quantitative estimate of drug-likeness (QED) is 0.760. The monoisotopic (exact) mass is 243 g/mol. The van der Waals surface area contributed by atoms with Crippen LogP contribution in [-0.4, -0.2) is 5.78 Å². The molecule has 0 aliphatic carbocycles. The van der Waals surface area contributed by atoms with Crippen LogP contribution in [0.2, 0.25) is 0 Å². The zero-order chi connectivity index (χ0) is 13.1. The van der Waals surface area contributed by atoms with Gasteiger partial charge in [-0.1, -0.05) is 18.2 Å². The van der Waals surface area contributed by atoms with E-state index in [4.69, 9.17) is 5.26 Å². The van der Waals surface area contributed by atoms with E-state index < -0.39 is 17.4 Å². The summed E-state index contributed by atoms with van der Waals surface area (Å²) < 4.78 is 26.8. The highest BCUT2D eigenvalue weighted by Gasteiger charge is 2.16. The Bertz CT molecular complexity index is 659. The average molecular weight is 243 g/mol. The van der Waals surface area contributed by atoms with Crippen molar-refractivity contribution < 1.29 is 13.6 Å². The van der Waals surface area contributed by atoms with Gasteiger partial charge in [-0.3, -0.25) is 4.79 Å². The first-order valence-electron chi connectivity index (χ1n) is 5.12. The van der Waals surface area contributed by atoms with Crippen LogP contribution >= 0.6 is 0 Å². The van der Waals surface area contributed by atoms with Gasteiger partial charge in [-0.25, -0.2) is 8.78 Å². The van der Waals surface area contributed by atoms with Gasteiger partial charge in [-0.15, -0.1) is 0 Å². The van der Waals surface area contributed by atoms with Crippen molar-refractivity contribution in [3.05, 3.63) is 70.8 Å². The lowest BCUT2D eigenvalue weighted by Crippen LogP contribution is -2.05. The summed E-state index contributed by atoms with van der Waals surface area (Å²) in [7, 11) is 0. The number of halogens is 2. The molecule has 18 heavy (non-hydrogen) atoms.